The summed E-state index contributed by atoms with van der Waals surface area (Å²) in [4.78, 5) is 23.7. The van der Waals surface area contributed by atoms with E-state index in [0.717, 1.165) is 12.0 Å². The maximum atomic E-state index is 12.3. The molecular weight excluding hydrogens is 352 g/mol. The molecule has 0 aliphatic heterocycles. The second kappa shape index (κ2) is 7.87. The van der Waals surface area contributed by atoms with Crippen LogP contribution in [0.25, 0.3) is 0 Å². The number of aliphatic carboxylic acids is 1. The molecule has 28 heavy (non-hydrogen) atoms. The molecule has 1 saturated carbocycles. The van der Waals surface area contributed by atoms with Gasteiger partial charge in [-0.1, -0.05) is 42.2 Å². The molecular formula is C23H24N2O3. The lowest BCUT2D eigenvalue weighted by molar-refractivity contribution is -0.140. The van der Waals surface area contributed by atoms with Crippen LogP contribution in [0.5, 0.6) is 0 Å². The molecule has 0 heterocycles. The molecule has 1 aliphatic rings. The van der Waals surface area contributed by atoms with Gasteiger partial charge < -0.3 is 16.2 Å². The maximum absolute atomic E-state index is 12.3. The summed E-state index contributed by atoms with van der Waals surface area (Å²) >= 11 is 0. The number of nitrogens with two attached hydrogens (primary N) is 1. The van der Waals surface area contributed by atoms with Crippen molar-refractivity contribution in [2.24, 2.45) is 11.7 Å². The van der Waals surface area contributed by atoms with Gasteiger partial charge in [0.2, 0.25) is 0 Å². The van der Waals surface area contributed by atoms with E-state index in [2.05, 4.69) is 29.3 Å². The number of benzene rings is 2. The van der Waals surface area contributed by atoms with Crippen molar-refractivity contribution in [3.8, 4) is 11.8 Å². The van der Waals surface area contributed by atoms with Crippen molar-refractivity contribution in [3.63, 3.8) is 0 Å². The number of carboxylic acids is 1. The van der Waals surface area contributed by atoms with Crippen LogP contribution in [0.15, 0.2) is 54.6 Å². The summed E-state index contributed by atoms with van der Waals surface area (Å²) in [6.07, 6.45) is 1.07. The van der Waals surface area contributed by atoms with Crippen LogP contribution < -0.4 is 11.1 Å². The van der Waals surface area contributed by atoms with Crippen molar-refractivity contribution in [1.82, 2.24) is 5.32 Å². The minimum Gasteiger partial charge on any atom is -0.480 e. The van der Waals surface area contributed by atoms with Gasteiger partial charge in [0.05, 0.1) is 0 Å². The van der Waals surface area contributed by atoms with Crippen molar-refractivity contribution >= 4 is 11.9 Å². The Morgan fingerprint density at radius 2 is 1.79 bits per heavy atom. The number of carboxylic acid groups (broad SMARTS) is 1. The minimum absolute atomic E-state index is 0.369. The average Bonchev–Trinajstić information content (AvgIpc) is 3.44. The molecule has 3 atom stereocenters. The predicted octanol–water partition coefficient (Wildman–Crippen LogP) is 2.76. The Morgan fingerprint density at radius 3 is 2.36 bits per heavy atom. The summed E-state index contributed by atoms with van der Waals surface area (Å²) < 4.78 is 0. The molecule has 0 aromatic heterocycles. The molecule has 0 bridgehead atoms. The zero-order chi connectivity index (χ0) is 20.3. The highest BCUT2D eigenvalue weighted by Crippen LogP contribution is 2.46. The number of hydrogen-bond acceptors (Lipinski definition) is 3. The first-order valence-corrected chi connectivity index (χ1v) is 9.25. The largest absolute Gasteiger partial charge is 0.480 e. The third kappa shape index (κ3) is 4.79. The Labute approximate surface area is 165 Å². The fourth-order valence-electron chi connectivity index (χ4n) is 3.08. The lowest BCUT2D eigenvalue weighted by Crippen LogP contribution is -2.58. The minimum atomic E-state index is -1.18. The van der Waals surface area contributed by atoms with Crippen molar-refractivity contribution in [3.05, 3.63) is 71.3 Å². The molecule has 2 unspecified atom stereocenters. The van der Waals surface area contributed by atoms with Crippen LogP contribution in [0.2, 0.25) is 0 Å². The van der Waals surface area contributed by atoms with Gasteiger partial charge in [0, 0.05) is 22.6 Å². The molecule has 5 nitrogen and oxygen atoms in total. The lowest BCUT2D eigenvalue weighted by atomic mass is 9.95. The van der Waals surface area contributed by atoms with E-state index >= 15 is 0 Å². The number of amides is 1. The van der Waals surface area contributed by atoms with E-state index in [4.69, 9.17) is 5.73 Å². The van der Waals surface area contributed by atoms with E-state index in [0.29, 0.717) is 17.4 Å². The summed E-state index contributed by atoms with van der Waals surface area (Å²) in [5.41, 5.74) is 7.28. The summed E-state index contributed by atoms with van der Waals surface area (Å²) in [7, 11) is 0. The number of hydrogen-bond donors (Lipinski definition) is 3. The second-order valence-corrected chi connectivity index (χ2v) is 7.77. The summed E-state index contributed by atoms with van der Waals surface area (Å²) in [5.74, 6) is 5.69. The van der Waals surface area contributed by atoms with E-state index in [1.807, 2.05) is 18.2 Å². The van der Waals surface area contributed by atoms with Crippen LogP contribution >= 0.6 is 0 Å². The van der Waals surface area contributed by atoms with E-state index in [-0.39, 0.29) is 0 Å². The van der Waals surface area contributed by atoms with Gasteiger partial charge >= 0.3 is 5.97 Å². The summed E-state index contributed by atoms with van der Waals surface area (Å²) in [6, 6.07) is 16.0. The first-order chi connectivity index (χ1) is 13.3. The highest BCUT2D eigenvalue weighted by Gasteiger charge is 2.36. The molecule has 1 aliphatic carbocycles. The summed E-state index contributed by atoms with van der Waals surface area (Å²) in [6.45, 7) is 3.12. The molecule has 3 rings (SSSR count). The van der Waals surface area contributed by atoms with E-state index in [1.165, 1.54) is 5.56 Å². The van der Waals surface area contributed by atoms with Gasteiger partial charge in [0.25, 0.3) is 5.91 Å². The Bertz CT molecular complexity index is 918. The Balaban J connectivity index is 1.62. The predicted molar refractivity (Wildman–Crippen MR) is 108 cm³/mol. The van der Waals surface area contributed by atoms with Crippen LogP contribution in [-0.2, 0) is 4.79 Å². The van der Waals surface area contributed by atoms with E-state index in [1.54, 1.807) is 38.1 Å². The SMILES string of the molecule is CC(C)(N)[C@H](NC(=O)c1ccc(C#CC2CC2c2ccccc2)cc1)C(=O)O. The molecule has 2 aromatic carbocycles. The number of rotatable bonds is 5. The molecule has 0 radical (unpaired) electrons. The van der Waals surface area contributed by atoms with Gasteiger partial charge in [-0.25, -0.2) is 4.79 Å². The topological polar surface area (TPSA) is 92.4 Å². The Morgan fingerprint density at radius 1 is 1.14 bits per heavy atom. The fourth-order valence-corrected chi connectivity index (χ4v) is 3.08. The van der Waals surface area contributed by atoms with Crippen molar-refractivity contribution in [1.29, 1.82) is 0 Å². The van der Waals surface area contributed by atoms with Gasteiger partial charge in [-0.2, -0.15) is 0 Å². The number of carbonyl (C=O) groups is 2. The molecule has 1 fully saturated rings. The van der Waals surface area contributed by atoms with E-state index < -0.39 is 23.5 Å². The molecule has 0 spiro atoms. The molecule has 4 N–H and O–H groups in total. The van der Waals surface area contributed by atoms with Crippen LogP contribution in [0.4, 0.5) is 0 Å². The van der Waals surface area contributed by atoms with Gasteiger partial charge in [-0.3, -0.25) is 4.79 Å². The normalized spacial score (nSPS) is 19.1. The zero-order valence-corrected chi connectivity index (χ0v) is 16.0. The van der Waals surface area contributed by atoms with Crippen molar-refractivity contribution < 1.29 is 14.7 Å². The first-order valence-electron chi connectivity index (χ1n) is 9.25. The van der Waals surface area contributed by atoms with Gasteiger partial charge in [-0.05, 0) is 56.0 Å². The first kappa shape index (κ1) is 19.7. The maximum Gasteiger partial charge on any atom is 0.328 e. The monoisotopic (exact) mass is 376 g/mol. The highest BCUT2D eigenvalue weighted by atomic mass is 16.4. The molecule has 144 valence electrons. The Hall–Kier alpha value is -3.10. The van der Waals surface area contributed by atoms with Crippen LogP contribution in [0, 0.1) is 17.8 Å². The van der Waals surface area contributed by atoms with Crippen molar-refractivity contribution in [2.75, 3.05) is 0 Å². The molecule has 0 saturated heterocycles. The molecule has 2 aromatic rings. The number of nitrogens with one attached hydrogen (secondary N) is 1. The van der Waals surface area contributed by atoms with Gasteiger partial charge in [-0.15, -0.1) is 0 Å². The Kier molecular flexibility index (Phi) is 5.53. The highest BCUT2D eigenvalue weighted by molar-refractivity contribution is 5.97. The van der Waals surface area contributed by atoms with E-state index in [9.17, 15) is 14.7 Å². The van der Waals surface area contributed by atoms with Crippen LogP contribution in [-0.4, -0.2) is 28.6 Å². The zero-order valence-electron chi connectivity index (χ0n) is 16.0. The van der Waals surface area contributed by atoms with Crippen LogP contribution in [0.3, 0.4) is 0 Å². The number of carbonyl (C=O) groups excluding carboxylic acids is 1. The average molecular weight is 376 g/mol. The van der Waals surface area contributed by atoms with Gasteiger partial charge in [0.15, 0.2) is 0 Å². The third-order valence-electron chi connectivity index (χ3n) is 4.83. The van der Waals surface area contributed by atoms with Crippen LogP contribution in [0.1, 0.15) is 47.7 Å². The standard InChI is InChI=1S/C23H24N2O3/c1-23(2,24)20(22(27)28)25-21(26)17-11-8-15(9-12-17)10-13-18-14-19(18)16-6-4-3-5-7-16/h3-9,11-12,18-20H,14,24H2,1-2H3,(H,25,26)(H,27,28)/t18?,19?,20-/m1/s1. The van der Waals surface area contributed by atoms with Gasteiger partial charge in [0.1, 0.15) is 6.04 Å². The summed E-state index contributed by atoms with van der Waals surface area (Å²) in [5, 5.41) is 11.7. The van der Waals surface area contributed by atoms with Crippen molar-refractivity contribution in [2.45, 2.75) is 37.8 Å². The lowest BCUT2D eigenvalue weighted by Gasteiger charge is -2.27. The third-order valence-corrected chi connectivity index (χ3v) is 4.83. The smallest absolute Gasteiger partial charge is 0.328 e. The second-order valence-electron chi connectivity index (χ2n) is 7.77. The molecule has 5 heteroatoms. The quantitative estimate of drug-likeness (QED) is 0.700. The molecule has 1 amide bonds. The fraction of sp³-hybridized carbons (Fsp3) is 0.304.